The fourth-order valence-electron chi connectivity index (χ4n) is 0. The first-order chi connectivity index (χ1) is 0. The minimum atomic E-state index is 0. The molecule has 0 N–H and O–H groups in total. The van der Waals surface area contributed by atoms with Crippen molar-refractivity contribution in [2.24, 2.45) is 0 Å². The first-order valence-corrected chi connectivity index (χ1v) is 0. The van der Waals surface area contributed by atoms with Crippen LogP contribution in [-0.2, 0) is 45.7 Å². The summed E-state index contributed by atoms with van der Waals surface area (Å²) in [4.78, 5) is 0. The molecule has 1 nitrogen and oxygen atoms in total. The van der Waals surface area contributed by atoms with E-state index < -0.39 is 0 Å². The third-order valence-electron chi connectivity index (χ3n) is 0. The zero-order chi connectivity index (χ0) is 0. The van der Waals surface area contributed by atoms with Crippen LogP contribution in [0.3, 0.4) is 0 Å². The smallest absolute Gasteiger partial charge is 2.00 e. The average Bonchev–Trinajstić information content (AvgIpc) is 0. The van der Waals surface area contributed by atoms with Gasteiger partial charge in [0.05, 0.1) is 0 Å². The van der Waals surface area contributed by atoms with Crippen molar-refractivity contribution in [3.8, 4) is 0 Å². The van der Waals surface area contributed by atoms with E-state index >= 15 is 0 Å². The van der Waals surface area contributed by atoms with E-state index in [0.717, 1.165) is 0 Å². The summed E-state index contributed by atoms with van der Waals surface area (Å²) in [5.41, 5.74) is 0. The molecule has 0 saturated heterocycles. The maximum atomic E-state index is 0. The summed E-state index contributed by atoms with van der Waals surface area (Å²) < 4.78 is 0. The summed E-state index contributed by atoms with van der Waals surface area (Å²) in [5.74, 6) is 0. The quantitative estimate of drug-likeness (QED) is 0.337. The van der Waals surface area contributed by atoms with Crippen molar-refractivity contribution in [3.63, 3.8) is 0 Å². The Balaban J connectivity index is 0. The molecule has 5 heavy (non-hydrogen) atoms. The van der Waals surface area contributed by atoms with Gasteiger partial charge in [0.15, 0.2) is 0 Å². The van der Waals surface area contributed by atoms with E-state index in [4.69, 9.17) is 0 Å². The molecule has 0 aliphatic heterocycles. The Labute approximate surface area is 70.2 Å². The van der Waals surface area contributed by atoms with Gasteiger partial charge in [-0.15, -0.1) is 0 Å². The van der Waals surface area contributed by atoms with Gasteiger partial charge >= 0.3 is 21.7 Å². The molecule has 0 saturated carbocycles. The fraction of sp³-hybridized carbons (Fsp3) is 0. The standard InChI is InChI=1S/2ClH.O.Ti.V/h2*1H;;;/q;;-2;+4;/p-2. The third-order valence-corrected chi connectivity index (χ3v) is 0. The molecule has 29 valence electrons. The molecule has 0 aromatic rings. The van der Waals surface area contributed by atoms with E-state index in [-0.39, 0.29) is 70.6 Å². The van der Waals surface area contributed by atoms with Crippen LogP contribution in [0.25, 0.3) is 0 Å². The Hall–Kier alpha value is 1.84. The van der Waals surface area contributed by atoms with Crippen molar-refractivity contribution in [1.82, 2.24) is 0 Å². The molecule has 0 fully saturated rings. The largest absolute Gasteiger partial charge is 4.00 e. The first-order valence-electron chi connectivity index (χ1n) is 0. The van der Waals surface area contributed by atoms with Crippen LogP contribution >= 0.6 is 0 Å². The molecule has 5 heteroatoms. The molecule has 0 atom stereocenters. The second-order valence-corrected chi connectivity index (χ2v) is 0. The SMILES string of the molecule is [Cl-].[Cl-].[O-2].[Ti+4].[V]. The van der Waals surface area contributed by atoms with Crippen LogP contribution in [-0.4, -0.2) is 0 Å². The Bertz CT molecular complexity index is 9.61. The number of hydrogen-bond acceptors (Lipinski definition) is 0. The van der Waals surface area contributed by atoms with Crippen molar-refractivity contribution in [1.29, 1.82) is 0 Å². The summed E-state index contributed by atoms with van der Waals surface area (Å²) in [6.45, 7) is 0. The van der Waals surface area contributed by atoms with Crippen LogP contribution < -0.4 is 24.8 Å². The van der Waals surface area contributed by atoms with Gasteiger partial charge in [-0.25, -0.2) is 0 Å². The molecule has 0 heterocycles. The molecule has 0 rings (SSSR count). The van der Waals surface area contributed by atoms with Crippen molar-refractivity contribution in [2.45, 2.75) is 0 Å². The van der Waals surface area contributed by atoms with Gasteiger partial charge in [-0.1, -0.05) is 0 Å². The Morgan fingerprint density at radius 3 is 0.800 bits per heavy atom. The van der Waals surface area contributed by atoms with Crippen LogP contribution in [0.2, 0.25) is 0 Å². The number of hydrogen-bond donors (Lipinski definition) is 0. The van der Waals surface area contributed by atoms with Crippen molar-refractivity contribution >= 4 is 0 Å². The van der Waals surface area contributed by atoms with E-state index in [9.17, 15) is 0 Å². The summed E-state index contributed by atoms with van der Waals surface area (Å²) in [7, 11) is 0. The van der Waals surface area contributed by atoms with Gasteiger partial charge in [-0.05, 0) is 0 Å². The van der Waals surface area contributed by atoms with Crippen LogP contribution in [0, 0.1) is 0 Å². The Morgan fingerprint density at radius 1 is 0.800 bits per heavy atom. The molecular weight excluding hydrogens is 186 g/mol. The van der Waals surface area contributed by atoms with E-state index in [2.05, 4.69) is 0 Å². The van der Waals surface area contributed by atoms with E-state index in [1.807, 2.05) is 0 Å². The van der Waals surface area contributed by atoms with Gasteiger partial charge in [0.1, 0.15) is 0 Å². The Kier molecular flexibility index (Phi) is 558. The topological polar surface area (TPSA) is 28.5 Å². The summed E-state index contributed by atoms with van der Waals surface area (Å²) in [6.07, 6.45) is 0. The molecule has 0 unspecified atom stereocenters. The van der Waals surface area contributed by atoms with Crippen LogP contribution in [0.15, 0.2) is 0 Å². The molecule has 1 radical (unpaired) electrons. The van der Waals surface area contributed by atoms with Gasteiger partial charge in [0.2, 0.25) is 0 Å². The average molecular weight is 186 g/mol. The third kappa shape index (κ3) is 25.4. The molecule has 0 aliphatic carbocycles. The zero-order valence-electron chi connectivity index (χ0n) is 2.11. The predicted molar refractivity (Wildman–Crippen MR) is 0.686 cm³/mol. The van der Waals surface area contributed by atoms with Gasteiger partial charge in [0.25, 0.3) is 0 Å². The molecule has 0 aromatic carbocycles. The summed E-state index contributed by atoms with van der Waals surface area (Å²) in [6, 6.07) is 0. The summed E-state index contributed by atoms with van der Waals surface area (Å²) >= 11 is 0. The van der Waals surface area contributed by atoms with E-state index in [1.165, 1.54) is 0 Å². The van der Waals surface area contributed by atoms with E-state index in [0.29, 0.717) is 0 Å². The number of rotatable bonds is 0. The van der Waals surface area contributed by atoms with Crippen LogP contribution in [0.1, 0.15) is 0 Å². The van der Waals surface area contributed by atoms with Crippen molar-refractivity contribution in [2.75, 3.05) is 0 Å². The minimum Gasteiger partial charge on any atom is -2.00 e. The van der Waals surface area contributed by atoms with Crippen LogP contribution in [0.4, 0.5) is 0 Å². The maximum Gasteiger partial charge on any atom is 4.00 e. The maximum absolute atomic E-state index is 0. The fourth-order valence-corrected chi connectivity index (χ4v) is 0. The predicted octanol–water partition coefficient (Wildman–Crippen LogP) is -6.12. The zero-order valence-corrected chi connectivity index (χ0v) is 6.58. The van der Waals surface area contributed by atoms with Crippen molar-refractivity contribution < 1.29 is 70.6 Å². The molecule has 0 bridgehead atoms. The second-order valence-electron chi connectivity index (χ2n) is 0. The van der Waals surface area contributed by atoms with Crippen LogP contribution in [0.5, 0.6) is 0 Å². The van der Waals surface area contributed by atoms with E-state index in [1.54, 1.807) is 0 Å². The normalized spacial score (nSPS) is 0. The molecule has 0 amide bonds. The Morgan fingerprint density at radius 2 is 0.800 bits per heavy atom. The summed E-state index contributed by atoms with van der Waals surface area (Å²) in [5, 5.41) is 0. The van der Waals surface area contributed by atoms with Gasteiger partial charge in [-0.3, -0.25) is 0 Å². The molecular formula is Cl2OTiV. The van der Waals surface area contributed by atoms with Gasteiger partial charge in [0, 0.05) is 18.6 Å². The monoisotopic (exact) mass is 185 g/mol. The minimum absolute atomic E-state index is 0. The van der Waals surface area contributed by atoms with Crippen molar-refractivity contribution in [3.05, 3.63) is 0 Å². The first kappa shape index (κ1) is 69.0. The number of halogens is 2. The molecule has 0 aromatic heterocycles. The second kappa shape index (κ2) is 40.4. The molecule has 0 aliphatic rings. The van der Waals surface area contributed by atoms with Gasteiger partial charge < -0.3 is 30.3 Å². The van der Waals surface area contributed by atoms with Gasteiger partial charge in [-0.2, -0.15) is 0 Å². The molecule has 0 spiro atoms.